The number of benzene rings is 1. The van der Waals surface area contributed by atoms with E-state index in [9.17, 15) is 8.42 Å². The number of rotatable bonds is 3. The zero-order chi connectivity index (χ0) is 12.3. The third kappa shape index (κ3) is 2.82. The summed E-state index contributed by atoms with van der Waals surface area (Å²) in [5.41, 5.74) is 0.721. The average Bonchev–Trinajstić information content (AvgIpc) is 2.40. The van der Waals surface area contributed by atoms with Gasteiger partial charge in [-0.15, -0.1) is 0 Å². The van der Waals surface area contributed by atoms with Crippen molar-refractivity contribution in [2.45, 2.75) is 11.5 Å². The Hall–Kier alpha value is -0.560. The first-order valence-corrected chi connectivity index (χ1v) is 8.02. The van der Waals surface area contributed by atoms with Crippen LogP contribution in [0.5, 0.6) is 0 Å². The van der Waals surface area contributed by atoms with Crippen molar-refractivity contribution in [3.63, 3.8) is 0 Å². The van der Waals surface area contributed by atoms with Crippen LogP contribution in [0.3, 0.4) is 0 Å². The molecule has 17 heavy (non-hydrogen) atoms. The van der Waals surface area contributed by atoms with Crippen molar-refractivity contribution in [2.75, 3.05) is 24.6 Å². The minimum absolute atomic E-state index is 0.0688. The minimum atomic E-state index is -3.35. The third-order valence-electron chi connectivity index (χ3n) is 2.71. The Kier molecular flexibility index (Phi) is 4.09. The van der Waals surface area contributed by atoms with Crippen molar-refractivity contribution in [2.24, 2.45) is 0 Å². The fourth-order valence-corrected chi connectivity index (χ4v) is 4.28. The molecular formula is C11H15NO3S2. The van der Waals surface area contributed by atoms with Crippen LogP contribution >= 0.6 is 11.8 Å². The molecule has 2 rings (SSSR count). The lowest BCUT2D eigenvalue weighted by molar-refractivity contribution is 0.281. The summed E-state index contributed by atoms with van der Waals surface area (Å²) in [5.74, 6) is 1.71. The minimum Gasteiger partial charge on any atom is -0.392 e. The van der Waals surface area contributed by atoms with Gasteiger partial charge in [-0.3, -0.25) is 0 Å². The Morgan fingerprint density at radius 2 is 1.76 bits per heavy atom. The van der Waals surface area contributed by atoms with Crippen molar-refractivity contribution in [1.29, 1.82) is 0 Å². The lowest BCUT2D eigenvalue weighted by Gasteiger charge is -2.25. The van der Waals surface area contributed by atoms with Crippen molar-refractivity contribution in [3.8, 4) is 0 Å². The summed E-state index contributed by atoms with van der Waals surface area (Å²) in [4.78, 5) is 0.307. The SMILES string of the molecule is O=S(=O)(c1ccc(CO)cc1)N1CCSCC1. The average molecular weight is 273 g/mol. The highest BCUT2D eigenvalue weighted by Crippen LogP contribution is 2.20. The molecule has 1 aliphatic heterocycles. The molecule has 1 aromatic carbocycles. The molecule has 1 N–H and O–H groups in total. The summed E-state index contributed by atoms with van der Waals surface area (Å²) in [6.07, 6.45) is 0. The van der Waals surface area contributed by atoms with E-state index >= 15 is 0 Å². The predicted octanol–water partition coefficient (Wildman–Crippen LogP) is 0.916. The van der Waals surface area contributed by atoms with Crippen LogP contribution in [0.4, 0.5) is 0 Å². The van der Waals surface area contributed by atoms with E-state index in [2.05, 4.69) is 0 Å². The molecule has 94 valence electrons. The molecular weight excluding hydrogens is 258 g/mol. The van der Waals surface area contributed by atoms with Crippen molar-refractivity contribution >= 4 is 21.8 Å². The van der Waals surface area contributed by atoms with E-state index in [-0.39, 0.29) is 6.61 Å². The number of aliphatic hydroxyl groups is 1. The molecule has 6 heteroatoms. The standard InChI is InChI=1S/C11H15NO3S2/c13-9-10-1-3-11(4-2-10)17(14,15)12-5-7-16-8-6-12/h1-4,13H,5-9H2. The highest BCUT2D eigenvalue weighted by atomic mass is 32.2. The van der Waals surface area contributed by atoms with Gasteiger partial charge < -0.3 is 5.11 Å². The van der Waals surface area contributed by atoms with Crippen molar-refractivity contribution in [3.05, 3.63) is 29.8 Å². The van der Waals surface area contributed by atoms with Crippen LogP contribution in [0.1, 0.15) is 5.56 Å². The number of sulfonamides is 1. The molecule has 0 unspecified atom stereocenters. The topological polar surface area (TPSA) is 57.6 Å². The first-order valence-electron chi connectivity index (χ1n) is 5.42. The van der Waals surface area contributed by atoms with Crippen LogP contribution in [-0.4, -0.2) is 42.4 Å². The molecule has 0 saturated carbocycles. The van der Waals surface area contributed by atoms with Gasteiger partial charge >= 0.3 is 0 Å². The Balaban J connectivity index is 2.23. The van der Waals surface area contributed by atoms with Crippen LogP contribution in [0, 0.1) is 0 Å². The molecule has 1 heterocycles. The summed E-state index contributed by atoms with van der Waals surface area (Å²) in [6, 6.07) is 6.41. The van der Waals surface area contributed by atoms with Gasteiger partial charge in [0.2, 0.25) is 10.0 Å². The summed E-state index contributed by atoms with van der Waals surface area (Å²) in [6.45, 7) is 1.09. The van der Waals surface area contributed by atoms with Gasteiger partial charge in [0.05, 0.1) is 11.5 Å². The van der Waals surface area contributed by atoms with Gasteiger partial charge in [0.25, 0.3) is 0 Å². The largest absolute Gasteiger partial charge is 0.392 e. The zero-order valence-corrected chi connectivity index (χ0v) is 11.0. The number of aliphatic hydroxyl groups excluding tert-OH is 1. The molecule has 1 fully saturated rings. The number of thioether (sulfide) groups is 1. The molecule has 0 radical (unpaired) electrons. The predicted molar refractivity (Wildman–Crippen MR) is 68.4 cm³/mol. The Morgan fingerprint density at radius 1 is 1.18 bits per heavy atom. The van der Waals surface area contributed by atoms with Gasteiger partial charge in [-0.25, -0.2) is 8.42 Å². The Morgan fingerprint density at radius 3 is 2.29 bits per heavy atom. The summed E-state index contributed by atoms with van der Waals surface area (Å²) in [7, 11) is -3.35. The van der Waals surface area contributed by atoms with E-state index in [1.54, 1.807) is 36.0 Å². The van der Waals surface area contributed by atoms with Crippen LogP contribution in [0.15, 0.2) is 29.2 Å². The highest BCUT2D eigenvalue weighted by molar-refractivity contribution is 7.99. The number of nitrogens with zero attached hydrogens (tertiary/aromatic N) is 1. The van der Waals surface area contributed by atoms with E-state index in [4.69, 9.17) is 5.11 Å². The molecule has 1 aliphatic rings. The van der Waals surface area contributed by atoms with Gasteiger partial charge in [0.15, 0.2) is 0 Å². The van der Waals surface area contributed by atoms with Gasteiger partial charge in [-0.1, -0.05) is 12.1 Å². The molecule has 0 atom stereocenters. The van der Waals surface area contributed by atoms with Crippen LogP contribution in [0.2, 0.25) is 0 Å². The molecule has 0 aliphatic carbocycles. The molecule has 1 saturated heterocycles. The molecule has 0 spiro atoms. The highest BCUT2D eigenvalue weighted by Gasteiger charge is 2.25. The van der Waals surface area contributed by atoms with E-state index in [0.717, 1.165) is 17.1 Å². The number of hydrogen-bond donors (Lipinski definition) is 1. The molecule has 0 bridgehead atoms. The van der Waals surface area contributed by atoms with Gasteiger partial charge in [-0.05, 0) is 17.7 Å². The monoisotopic (exact) mass is 273 g/mol. The lowest BCUT2D eigenvalue weighted by Crippen LogP contribution is -2.37. The van der Waals surface area contributed by atoms with E-state index in [0.29, 0.717) is 18.0 Å². The second-order valence-corrected chi connectivity index (χ2v) is 6.98. The Labute approximate surface area is 106 Å². The Bertz CT molecular complexity index is 464. The van der Waals surface area contributed by atoms with Crippen molar-refractivity contribution in [1.82, 2.24) is 4.31 Å². The molecule has 1 aromatic rings. The maximum Gasteiger partial charge on any atom is 0.243 e. The number of hydrogen-bond acceptors (Lipinski definition) is 4. The maximum absolute atomic E-state index is 12.2. The fraction of sp³-hybridized carbons (Fsp3) is 0.455. The third-order valence-corrected chi connectivity index (χ3v) is 5.57. The quantitative estimate of drug-likeness (QED) is 0.889. The second-order valence-electron chi connectivity index (χ2n) is 3.82. The summed E-state index contributed by atoms with van der Waals surface area (Å²) in [5, 5.41) is 8.92. The van der Waals surface area contributed by atoms with Gasteiger partial charge in [0.1, 0.15) is 0 Å². The maximum atomic E-state index is 12.2. The second kappa shape index (κ2) is 5.39. The van der Waals surface area contributed by atoms with E-state index in [1.807, 2.05) is 0 Å². The van der Waals surface area contributed by atoms with Crippen LogP contribution in [-0.2, 0) is 16.6 Å². The summed E-state index contributed by atoms with van der Waals surface area (Å²) >= 11 is 1.78. The van der Waals surface area contributed by atoms with Crippen molar-refractivity contribution < 1.29 is 13.5 Å². The van der Waals surface area contributed by atoms with Crippen LogP contribution < -0.4 is 0 Å². The smallest absolute Gasteiger partial charge is 0.243 e. The van der Waals surface area contributed by atoms with E-state index < -0.39 is 10.0 Å². The summed E-state index contributed by atoms with van der Waals surface area (Å²) < 4.78 is 26.0. The van der Waals surface area contributed by atoms with Gasteiger partial charge in [-0.2, -0.15) is 16.1 Å². The zero-order valence-electron chi connectivity index (χ0n) is 9.37. The van der Waals surface area contributed by atoms with Crippen LogP contribution in [0.25, 0.3) is 0 Å². The molecule has 0 aromatic heterocycles. The van der Waals surface area contributed by atoms with Gasteiger partial charge in [0, 0.05) is 24.6 Å². The van der Waals surface area contributed by atoms with E-state index in [1.165, 1.54) is 4.31 Å². The molecule has 4 nitrogen and oxygen atoms in total. The first-order chi connectivity index (χ1) is 8.14. The fourth-order valence-electron chi connectivity index (χ4n) is 1.70. The lowest BCUT2D eigenvalue weighted by atomic mass is 10.2. The first kappa shape index (κ1) is 12.9. The normalized spacial score (nSPS) is 18.2. The molecule has 0 amide bonds.